The van der Waals surface area contributed by atoms with Crippen LogP contribution < -0.4 is 10.2 Å². The van der Waals surface area contributed by atoms with Crippen LogP contribution in [-0.4, -0.2) is 24.5 Å². The molecule has 2 aromatic rings. The van der Waals surface area contributed by atoms with E-state index in [1.807, 2.05) is 30.3 Å². The lowest BCUT2D eigenvalue weighted by Crippen LogP contribution is -2.17. The summed E-state index contributed by atoms with van der Waals surface area (Å²) in [6.45, 7) is 0.0114. The van der Waals surface area contributed by atoms with Gasteiger partial charge in [-0.2, -0.15) is 10.4 Å². The number of hydrogen-bond donors (Lipinski definition) is 1. The number of carbonyl (C=O) groups excluding carboxylic acids is 1. The molecule has 25 heavy (non-hydrogen) atoms. The van der Waals surface area contributed by atoms with Crippen LogP contribution in [0.5, 0.6) is 5.75 Å². The van der Waals surface area contributed by atoms with Crippen molar-refractivity contribution in [2.45, 2.75) is 11.3 Å². The molecule has 0 saturated heterocycles. The zero-order chi connectivity index (χ0) is 17.9. The number of nitrogens with one attached hydrogen (secondary N) is 1. The van der Waals surface area contributed by atoms with E-state index in [9.17, 15) is 4.79 Å². The summed E-state index contributed by atoms with van der Waals surface area (Å²) in [7, 11) is 0. The Balaban J connectivity index is 1.69. The smallest absolute Gasteiger partial charge is 0.240 e. The van der Waals surface area contributed by atoms with E-state index in [0.717, 1.165) is 10.5 Å². The fraction of sp³-hybridized carbons (Fsp3) is 0.167. The number of hydrazone groups is 1. The normalized spacial score (nSPS) is 10.4. The first kappa shape index (κ1) is 18.8. The SMILES string of the molecule is N#CCOc1ccc(/C=N/NC(=O)CCSc2ccc(Cl)cc2)cc1. The molecule has 7 heteroatoms. The van der Waals surface area contributed by atoms with Crippen molar-refractivity contribution in [2.24, 2.45) is 5.10 Å². The van der Waals surface area contributed by atoms with E-state index >= 15 is 0 Å². The fourth-order valence-electron chi connectivity index (χ4n) is 1.79. The molecule has 5 nitrogen and oxygen atoms in total. The lowest BCUT2D eigenvalue weighted by atomic mass is 10.2. The van der Waals surface area contributed by atoms with Gasteiger partial charge in [-0.05, 0) is 54.1 Å². The molecule has 128 valence electrons. The number of nitriles is 1. The minimum Gasteiger partial charge on any atom is -0.479 e. The Morgan fingerprint density at radius 1 is 1.24 bits per heavy atom. The molecule has 1 amide bonds. The van der Waals surface area contributed by atoms with Crippen LogP contribution in [0.3, 0.4) is 0 Å². The van der Waals surface area contributed by atoms with E-state index < -0.39 is 0 Å². The predicted octanol–water partition coefficient (Wildman–Crippen LogP) is 3.87. The molecule has 0 aliphatic heterocycles. The Morgan fingerprint density at radius 3 is 2.64 bits per heavy atom. The van der Waals surface area contributed by atoms with E-state index in [0.29, 0.717) is 22.9 Å². The van der Waals surface area contributed by atoms with E-state index in [1.165, 1.54) is 0 Å². The minimum absolute atomic E-state index is 0.0114. The number of carbonyl (C=O) groups is 1. The lowest BCUT2D eigenvalue weighted by molar-refractivity contribution is -0.120. The molecule has 2 aromatic carbocycles. The molecule has 0 heterocycles. The Labute approximate surface area is 155 Å². The van der Waals surface area contributed by atoms with Crippen LogP contribution in [0.4, 0.5) is 0 Å². The molecule has 0 saturated carbocycles. The second-order valence-corrected chi connectivity index (χ2v) is 6.47. The maximum atomic E-state index is 11.7. The molecule has 0 unspecified atom stereocenters. The molecule has 0 radical (unpaired) electrons. The van der Waals surface area contributed by atoms with Crippen molar-refractivity contribution in [1.82, 2.24) is 5.43 Å². The van der Waals surface area contributed by atoms with Gasteiger partial charge < -0.3 is 4.74 Å². The number of halogens is 1. The van der Waals surface area contributed by atoms with Crippen LogP contribution in [0.2, 0.25) is 5.02 Å². The average molecular weight is 374 g/mol. The van der Waals surface area contributed by atoms with Gasteiger partial charge >= 0.3 is 0 Å². The van der Waals surface area contributed by atoms with Gasteiger partial charge in [-0.25, -0.2) is 5.43 Å². The molecule has 0 aliphatic rings. The first-order chi connectivity index (χ1) is 12.2. The van der Waals surface area contributed by atoms with Crippen LogP contribution >= 0.6 is 23.4 Å². The first-order valence-electron chi connectivity index (χ1n) is 7.47. The van der Waals surface area contributed by atoms with Gasteiger partial charge in [0.15, 0.2) is 6.61 Å². The third-order valence-corrected chi connectivity index (χ3v) is 4.26. The highest BCUT2D eigenvalue weighted by Crippen LogP contribution is 2.20. The Bertz CT molecular complexity index is 755. The van der Waals surface area contributed by atoms with E-state index in [1.54, 1.807) is 42.2 Å². The summed E-state index contributed by atoms with van der Waals surface area (Å²) in [5.74, 6) is 1.13. The summed E-state index contributed by atoms with van der Waals surface area (Å²) in [6, 6.07) is 16.5. The Hall–Kier alpha value is -2.49. The number of hydrogen-bond acceptors (Lipinski definition) is 5. The monoisotopic (exact) mass is 373 g/mol. The number of ether oxygens (including phenoxy) is 1. The van der Waals surface area contributed by atoms with Crippen LogP contribution in [0, 0.1) is 11.3 Å². The number of benzene rings is 2. The largest absolute Gasteiger partial charge is 0.479 e. The highest BCUT2D eigenvalue weighted by Gasteiger charge is 2.01. The van der Waals surface area contributed by atoms with E-state index in [-0.39, 0.29) is 12.5 Å². The third-order valence-electron chi connectivity index (χ3n) is 3.00. The zero-order valence-electron chi connectivity index (χ0n) is 13.3. The number of nitrogens with zero attached hydrogens (tertiary/aromatic N) is 2. The molecule has 0 atom stereocenters. The van der Waals surface area contributed by atoms with E-state index in [2.05, 4.69) is 10.5 Å². The van der Waals surface area contributed by atoms with Gasteiger partial charge in [0.25, 0.3) is 0 Å². The van der Waals surface area contributed by atoms with Gasteiger partial charge in [0, 0.05) is 22.1 Å². The van der Waals surface area contributed by atoms with Crippen molar-refractivity contribution < 1.29 is 9.53 Å². The third kappa shape index (κ3) is 7.29. The van der Waals surface area contributed by atoms with Crippen molar-refractivity contribution in [2.75, 3.05) is 12.4 Å². The summed E-state index contributed by atoms with van der Waals surface area (Å²) in [5, 5.41) is 13.1. The fourth-order valence-corrected chi connectivity index (χ4v) is 2.77. The zero-order valence-corrected chi connectivity index (χ0v) is 14.9. The van der Waals surface area contributed by atoms with Gasteiger partial charge in [0.2, 0.25) is 5.91 Å². The summed E-state index contributed by atoms with van der Waals surface area (Å²) >= 11 is 7.41. The maximum Gasteiger partial charge on any atom is 0.240 e. The molecular weight excluding hydrogens is 358 g/mol. The van der Waals surface area contributed by atoms with Gasteiger partial charge in [-0.1, -0.05) is 11.6 Å². The van der Waals surface area contributed by atoms with Crippen LogP contribution in [0.1, 0.15) is 12.0 Å². The average Bonchev–Trinajstić information content (AvgIpc) is 2.63. The van der Waals surface area contributed by atoms with Crippen LogP contribution in [0.25, 0.3) is 0 Å². The summed E-state index contributed by atoms with van der Waals surface area (Å²) in [6.07, 6.45) is 1.92. The van der Waals surface area contributed by atoms with Crippen molar-refractivity contribution in [3.05, 3.63) is 59.1 Å². The summed E-state index contributed by atoms with van der Waals surface area (Å²) in [5.41, 5.74) is 3.32. The van der Waals surface area contributed by atoms with Crippen molar-refractivity contribution in [3.8, 4) is 11.8 Å². The second-order valence-electron chi connectivity index (χ2n) is 4.86. The summed E-state index contributed by atoms with van der Waals surface area (Å²) in [4.78, 5) is 12.8. The topological polar surface area (TPSA) is 74.5 Å². The van der Waals surface area contributed by atoms with Crippen molar-refractivity contribution >= 4 is 35.5 Å². The summed E-state index contributed by atoms with van der Waals surface area (Å²) < 4.78 is 5.16. The van der Waals surface area contributed by atoms with Gasteiger partial charge in [0.1, 0.15) is 11.8 Å². The lowest BCUT2D eigenvalue weighted by Gasteiger charge is -2.02. The highest BCUT2D eigenvalue weighted by atomic mass is 35.5. The number of thioether (sulfide) groups is 1. The quantitative estimate of drug-likeness (QED) is 0.433. The Morgan fingerprint density at radius 2 is 1.96 bits per heavy atom. The molecule has 1 N–H and O–H groups in total. The molecule has 0 aromatic heterocycles. The molecule has 0 bridgehead atoms. The second kappa shape index (κ2) is 10.4. The van der Waals surface area contributed by atoms with Crippen LogP contribution in [0.15, 0.2) is 58.5 Å². The standard InChI is InChI=1S/C18H16ClN3O2S/c19-15-3-7-17(8-4-15)25-12-9-18(23)22-21-13-14-1-5-16(6-2-14)24-11-10-20/h1-8,13H,9,11-12H2,(H,22,23)/b21-13+. The number of amides is 1. The molecule has 0 spiro atoms. The van der Waals surface area contributed by atoms with Gasteiger partial charge in [-0.3, -0.25) is 4.79 Å². The first-order valence-corrected chi connectivity index (χ1v) is 8.84. The van der Waals surface area contributed by atoms with Gasteiger partial charge in [0.05, 0.1) is 6.21 Å². The highest BCUT2D eigenvalue weighted by molar-refractivity contribution is 7.99. The molecule has 0 aliphatic carbocycles. The van der Waals surface area contributed by atoms with Crippen molar-refractivity contribution in [3.63, 3.8) is 0 Å². The van der Waals surface area contributed by atoms with Crippen LogP contribution in [-0.2, 0) is 4.79 Å². The predicted molar refractivity (Wildman–Crippen MR) is 100 cm³/mol. The molecule has 2 rings (SSSR count). The maximum absolute atomic E-state index is 11.7. The number of rotatable bonds is 8. The van der Waals surface area contributed by atoms with Gasteiger partial charge in [-0.15, -0.1) is 11.8 Å². The molecular formula is C18H16ClN3O2S. The Kier molecular flexibility index (Phi) is 7.83. The van der Waals surface area contributed by atoms with E-state index in [4.69, 9.17) is 21.6 Å². The molecule has 0 fully saturated rings. The minimum atomic E-state index is -0.147. The van der Waals surface area contributed by atoms with Crippen molar-refractivity contribution in [1.29, 1.82) is 5.26 Å².